The predicted octanol–water partition coefficient (Wildman–Crippen LogP) is 2.69. The lowest BCUT2D eigenvalue weighted by atomic mass is 9.93. The molecule has 2 aromatic rings. The summed E-state index contributed by atoms with van der Waals surface area (Å²) in [6.45, 7) is 0.766. The van der Waals surface area contributed by atoms with E-state index in [0.29, 0.717) is 13.0 Å². The first-order chi connectivity index (χ1) is 12.1. The molecule has 1 heterocycles. The van der Waals surface area contributed by atoms with Gasteiger partial charge in [-0.15, -0.1) is 0 Å². The molecule has 2 aromatic carbocycles. The van der Waals surface area contributed by atoms with Crippen LogP contribution in [-0.2, 0) is 14.3 Å². The second-order valence-electron chi connectivity index (χ2n) is 7.16. The molecule has 1 saturated carbocycles. The van der Waals surface area contributed by atoms with Gasteiger partial charge in [-0.1, -0.05) is 42.5 Å². The van der Waals surface area contributed by atoms with E-state index in [1.807, 2.05) is 18.2 Å². The van der Waals surface area contributed by atoms with Crippen LogP contribution >= 0.6 is 0 Å². The van der Waals surface area contributed by atoms with E-state index in [0.717, 1.165) is 6.42 Å². The van der Waals surface area contributed by atoms with Crippen molar-refractivity contribution < 1.29 is 19.4 Å². The quantitative estimate of drug-likeness (QED) is 0.878. The number of carboxylic acids is 1. The number of nitrogens with one attached hydrogen (secondary N) is 1. The van der Waals surface area contributed by atoms with Gasteiger partial charge in [0.2, 0.25) is 5.91 Å². The summed E-state index contributed by atoms with van der Waals surface area (Å²) in [4.78, 5) is 23.9. The van der Waals surface area contributed by atoms with Gasteiger partial charge in [-0.2, -0.15) is 0 Å². The molecule has 1 saturated heterocycles. The molecule has 2 N–H and O–H groups in total. The maximum absolute atomic E-state index is 12.7. The number of aliphatic carboxylic acids is 1. The highest BCUT2D eigenvalue weighted by molar-refractivity contribution is 5.90. The lowest BCUT2D eigenvalue weighted by molar-refractivity contribution is -0.139. The number of carbonyl (C=O) groups excluding carboxylic acids is 1. The Kier molecular flexibility index (Phi) is 3.96. The fourth-order valence-electron chi connectivity index (χ4n) is 3.94. The van der Waals surface area contributed by atoms with Crippen LogP contribution in [0.2, 0.25) is 0 Å². The Hall–Kier alpha value is -2.40. The molecule has 1 aliphatic heterocycles. The minimum absolute atomic E-state index is 0.0512. The van der Waals surface area contributed by atoms with Crippen molar-refractivity contribution in [3.8, 4) is 0 Å². The number of rotatable bonds is 5. The topological polar surface area (TPSA) is 75.6 Å². The van der Waals surface area contributed by atoms with Gasteiger partial charge in [-0.05, 0) is 35.1 Å². The second kappa shape index (κ2) is 6.15. The molecule has 130 valence electrons. The highest BCUT2D eigenvalue weighted by Crippen LogP contribution is 2.49. The molecular weight excluding hydrogens is 318 g/mol. The molecule has 4 rings (SSSR count). The zero-order valence-corrected chi connectivity index (χ0v) is 13.9. The van der Waals surface area contributed by atoms with Crippen molar-refractivity contribution in [1.82, 2.24) is 5.32 Å². The van der Waals surface area contributed by atoms with E-state index in [1.165, 1.54) is 16.3 Å². The first-order valence-corrected chi connectivity index (χ1v) is 8.67. The molecular formula is C20H21NO4. The van der Waals surface area contributed by atoms with Crippen LogP contribution in [-0.4, -0.2) is 35.7 Å². The number of carboxylic acid groups (broad SMARTS) is 1. The number of fused-ring (bicyclic) bond motifs is 1. The van der Waals surface area contributed by atoms with Crippen molar-refractivity contribution in [3.05, 3.63) is 48.0 Å². The third kappa shape index (κ3) is 3.12. The van der Waals surface area contributed by atoms with Gasteiger partial charge in [0.05, 0.1) is 18.6 Å². The Balaban J connectivity index is 1.50. The van der Waals surface area contributed by atoms with Gasteiger partial charge in [0.15, 0.2) is 0 Å². The maximum Gasteiger partial charge on any atom is 0.305 e. The highest BCUT2D eigenvalue weighted by Gasteiger charge is 2.48. The number of hydrogen-bond acceptors (Lipinski definition) is 3. The fraction of sp³-hybridized carbons (Fsp3) is 0.400. The fourth-order valence-corrected chi connectivity index (χ4v) is 3.94. The van der Waals surface area contributed by atoms with Crippen LogP contribution in [0, 0.1) is 5.92 Å². The molecule has 25 heavy (non-hydrogen) atoms. The number of carbonyl (C=O) groups is 2. The summed E-state index contributed by atoms with van der Waals surface area (Å²) < 4.78 is 5.35. The van der Waals surface area contributed by atoms with Crippen LogP contribution < -0.4 is 5.32 Å². The zero-order valence-electron chi connectivity index (χ0n) is 13.9. The lowest BCUT2D eigenvalue weighted by Crippen LogP contribution is -2.51. The number of hydrogen-bond donors (Lipinski definition) is 2. The molecule has 2 aliphatic rings. The van der Waals surface area contributed by atoms with Crippen LogP contribution in [0.25, 0.3) is 10.8 Å². The average molecular weight is 339 g/mol. The van der Waals surface area contributed by atoms with Gasteiger partial charge in [0.1, 0.15) is 0 Å². The summed E-state index contributed by atoms with van der Waals surface area (Å²) in [5.74, 6) is -0.843. The Labute approximate surface area is 146 Å². The van der Waals surface area contributed by atoms with Crippen molar-refractivity contribution in [3.63, 3.8) is 0 Å². The maximum atomic E-state index is 12.7. The van der Waals surface area contributed by atoms with E-state index in [1.54, 1.807) is 0 Å². The third-order valence-electron chi connectivity index (χ3n) is 5.33. The molecule has 3 unspecified atom stereocenters. The molecule has 0 aromatic heterocycles. The molecule has 1 amide bonds. The van der Waals surface area contributed by atoms with Crippen molar-refractivity contribution in [2.75, 3.05) is 13.2 Å². The van der Waals surface area contributed by atoms with Gasteiger partial charge >= 0.3 is 5.97 Å². The summed E-state index contributed by atoms with van der Waals surface area (Å²) >= 11 is 0. The lowest BCUT2D eigenvalue weighted by Gasteiger charge is -2.27. The molecule has 0 spiro atoms. The van der Waals surface area contributed by atoms with Gasteiger partial charge in [-0.3, -0.25) is 9.59 Å². The number of ether oxygens (including phenoxy) is 1. The third-order valence-corrected chi connectivity index (χ3v) is 5.33. The van der Waals surface area contributed by atoms with Gasteiger partial charge < -0.3 is 15.2 Å². The van der Waals surface area contributed by atoms with E-state index >= 15 is 0 Å². The van der Waals surface area contributed by atoms with Crippen LogP contribution in [0.3, 0.4) is 0 Å². The minimum atomic E-state index is -0.910. The zero-order chi connectivity index (χ0) is 17.4. The van der Waals surface area contributed by atoms with Crippen LogP contribution in [0.1, 0.15) is 30.7 Å². The van der Waals surface area contributed by atoms with E-state index in [2.05, 4.69) is 29.6 Å². The molecule has 5 nitrogen and oxygen atoms in total. The summed E-state index contributed by atoms with van der Waals surface area (Å²) in [6.07, 6.45) is 1.27. The summed E-state index contributed by atoms with van der Waals surface area (Å²) in [7, 11) is 0. The highest BCUT2D eigenvalue weighted by atomic mass is 16.5. The first kappa shape index (κ1) is 16.1. The van der Waals surface area contributed by atoms with Gasteiger partial charge in [-0.25, -0.2) is 0 Å². The summed E-state index contributed by atoms with van der Waals surface area (Å²) in [5.41, 5.74) is 0.447. The van der Waals surface area contributed by atoms with Gasteiger partial charge in [0.25, 0.3) is 0 Å². The Morgan fingerprint density at radius 1 is 1.20 bits per heavy atom. The molecule has 1 aliphatic carbocycles. The van der Waals surface area contributed by atoms with Crippen molar-refractivity contribution in [2.45, 2.75) is 30.7 Å². The van der Waals surface area contributed by atoms with Gasteiger partial charge in [0, 0.05) is 12.5 Å². The minimum Gasteiger partial charge on any atom is -0.481 e. The summed E-state index contributed by atoms with van der Waals surface area (Å²) in [5, 5.41) is 14.5. The Morgan fingerprint density at radius 2 is 2.00 bits per heavy atom. The summed E-state index contributed by atoms with van der Waals surface area (Å²) in [6, 6.07) is 14.4. The monoisotopic (exact) mass is 339 g/mol. The molecule has 0 radical (unpaired) electrons. The second-order valence-corrected chi connectivity index (χ2v) is 7.16. The average Bonchev–Trinajstić information content (AvgIpc) is 3.28. The molecule has 0 bridgehead atoms. The van der Waals surface area contributed by atoms with Crippen molar-refractivity contribution in [1.29, 1.82) is 0 Å². The van der Waals surface area contributed by atoms with E-state index in [9.17, 15) is 9.59 Å². The standard InChI is InChI=1S/C20H21NO4/c22-18(23)11-20(8-9-25-12-20)21-19(24)17-10-16(17)15-7-3-5-13-4-1-2-6-14(13)15/h1-7,16-17H,8-12H2,(H,21,24)(H,22,23). The first-order valence-electron chi connectivity index (χ1n) is 8.67. The molecule has 5 heteroatoms. The van der Waals surface area contributed by atoms with E-state index in [4.69, 9.17) is 9.84 Å². The Bertz CT molecular complexity index is 820. The van der Waals surface area contributed by atoms with E-state index in [-0.39, 0.29) is 30.8 Å². The SMILES string of the molecule is O=C(O)CC1(NC(=O)C2CC2c2cccc3ccccc23)CCOC1. The molecule has 2 fully saturated rings. The number of amides is 1. The van der Waals surface area contributed by atoms with E-state index < -0.39 is 11.5 Å². The van der Waals surface area contributed by atoms with Crippen LogP contribution in [0.15, 0.2) is 42.5 Å². The Morgan fingerprint density at radius 3 is 2.76 bits per heavy atom. The van der Waals surface area contributed by atoms with Crippen LogP contribution in [0.4, 0.5) is 0 Å². The predicted molar refractivity (Wildman–Crippen MR) is 93.4 cm³/mol. The largest absolute Gasteiger partial charge is 0.481 e. The molecule has 3 atom stereocenters. The smallest absolute Gasteiger partial charge is 0.305 e. The number of benzene rings is 2. The van der Waals surface area contributed by atoms with Crippen molar-refractivity contribution >= 4 is 22.6 Å². The normalized spacial score (nSPS) is 28.0. The van der Waals surface area contributed by atoms with Crippen LogP contribution in [0.5, 0.6) is 0 Å². The van der Waals surface area contributed by atoms with Crippen molar-refractivity contribution in [2.24, 2.45) is 5.92 Å².